The van der Waals surface area contributed by atoms with E-state index in [1.165, 1.54) is 6.07 Å². The molecule has 2 aromatic carbocycles. The Morgan fingerprint density at radius 1 is 1.30 bits per heavy atom. The molecule has 2 aromatic rings. The molecule has 0 amide bonds. The highest BCUT2D eigenvalue weighted by Gasteiger charge is 2.11. The van der Waals surface area contributed by atoms with Crippen molar-refractivity contribution >= 4 is 11.6 Å². The van der Waals surface area contributed by atoms with Crippen LogP contribution < -0.4 is 10.5 Å². The van der Waals surface area contributed by atoms with Crippen LogP contribution in [0.5, 0.6) is 11.5 Å². The van der Waals surface area contributed by atoms with Crippen molar-refractivity contribution in [2.45, 2.75) is 26.3 Å². The SMILES string of the molecule is Cc1ccc(Oc2cccc(Cl)c2CC(C)N)cc1F. The lowest BCUT2D eigenvalue weighted by Crippen LogP contribution is -2.18. The number of hydrogen-bond acceptors (Lipinski definition) is 2. The average Bonchev–Trinajstić information content (AvgIpc) is 2.38. The monoisotopic (exact) mass is 293 g/mol. The van der Waals surface area contributed by atoms with Gasteiger partial charge in [0.05, 0.1) is 0 Å². The van der Waals surface area contributed by atoms with Crippen molar-refractivity contribution in [1.82, 2.24) is 0 Å². The molecule has 0 aromatic heterocycles. The Morgan fingerprint density at radius 3 is 2.70 bits per heavy atom. The fourth-order valence-electron chi connectivity index (χ4n) is 1.92. The van der Waals surface area contributed by atoms with E-state index in [9.17, 15) is 4.39 Å². The first-order valence-corrected chi connectivity index (χ1v) is 6.82. The summed E-state index contributed by atoms with van der Waals surface area (Å²) < 4.78 is 19.3. The highest BCUT2D eigenvalue weighted by atomic mass is 35.5. The molecule has 2 rings (SSSR count). The van der Waals surface area contributed by atoms with E-state index < -0.39 is 0 Å². The number of benzene rings is 2. The number of halogens is 2. The van der Waals surface area contributed by atoms with Gasteiger partial charge in [0.15, 0.2) is 0 Å². The summed E-state index contributed by atoms with van der Waals surface area (Å²) in [5.41, 5.74) is 7.25. The van der Waals surface area contributed by atoms with Crippen LogP contribution in [0.4, 0.5) is 4.39 Å². The predicted molar refractivity (Wildman–Crippen MR) is 80.0 cm³/mol. The molecule has 20 heavy (non-hydrogen) atoms. The summed E-state index contributed by atoms with van der Waals surface area (Å²) in [7, 11) is 0. The van der Waals surface area contributed by atoms with Crippen LogP contribution in [0.1, 0.15) is 18.1 Å². The second-order valence-electron chi connectivity index (χ2n) is 4.91. The summed E-state index contributed by atoms with van der Waals surface area (Å²) in [5, 5.41) is 0.604. The molecular formula is C16H17ClFNO. The maximum atomic E-state index is 13.5. The molecule has 0 aliphatic carbocycles. The first-order valence-electron chi connectivity index (χ1n) is 6.44. The average molecular weight is 294 g/mol. The summed E-state index contributed by atoms with van der Waals surface area (Å²) in [6, 6.07) is 10.1. The zero-order valence-corrected chi connectivity index (χ0v) is 12.2. The zero-order valence-electron chi connectivity index (χ0n) is 11.5. The van der Waals surface area contributed by atoms with Gasteiger partial charge in [0.1, 0.15) is 17.3 Å². The van der Waals surface area contributed by atoms with E-state index in [1.54, 1.807) is 37.3 Å². The Balaban J connectivity index is 2.32. The smallest absolute Gasteiger partial charge is 0.132 e. The van der Waals surface area contributed by atoms with E-state index in [4.69, 9.17) is 22.1 Å². The Hall–Kier alpha value is -1.58. The number of aryl methyl sites for hydroxylation is 1. The van der Waals surface area contributed by atoms with E-state index in [0.717, 1.165) is 5.56 Å². The normalized spacial score (nSPS) is 12.2. The van der Waals surface area contributed by atoms with Crippen molar-refractivity contribution in [2.75, 3.05) is 0 Å². The van der Waals surface area contributed by atoms with E-state index >= 15 is 0 Å². The van der Waals surface area contributed by atoms with Crippen LogP contribution in [-0.2, 0) is 6.42 Å². The molecule has 0 aliphatic heterocycles. The van der Waals surface area contributed by atoms with Crippen LogP contribution >= 0.6 is 11.6 Å². The second-order valence-corrected chi connectivity index (χ2v) is 5.32. The van der Waals surface area contributed by atoms with Crippen LogP contribution in [0.2, 0.25) is 5.02 Å². The van der Waals surface area contributed by atoms with Crippen LogP contribution in [-0.4, -0.2) is 6.04 Å². The highest BCUT2D eigenvalue weighted by Crippen LogP contribution is 2.31. The minimum absolute atomic E-state index is 0.0352. The fourth-order valence-corrected chi connectivity index (χ4v) is 2.16. The molecule has 2 nitrogen and oxygen atoms in total. The molecule has 0 fully saturated rings. The lowest BCUT2D eigenvalue weighted by Gasteiger charge is -2.14. The van der Waals surface area contributed by atoms with Gasteiger partial charge in [0.2, 0.25) is 0 Å². The van der Waals surface area contributed by atoms with Crippen LogP contribution in [0.25, 0.3) is 0 Å². The Kier molecular flexibility index (Phi) is 4.63. The van der Waals surface area contributed by atoms with E-state index in [1.807, 2.05) is 6.92 Å². The van der Waals surface area contributed by atoms with Gasteiger partial charge in [-0.15, -0.1) is 0 Å². The minimum atomic E-state index is -0.293. The molecule has 0 bridgehead atoms. The van der Waals surface area contributed by atoms with Crippen molar-refractivity contribution in [3.05, 3.63) is 58.4 Å². The summed E-state index contributed by atoms with van der Waals surface area (Å²) in [5.74, 6) is 0.762. The third-order valence-electron chi connectivity index (χ3n) is 2.97. The van der Waals surface area contributed by atoms with E-state index in [0.29, 0.717) is 28.5 Å². The van der Waals surface area contributed by atoms with Gasteiger partial charge in [-0.2, -0.15) is 0 Å². The van der Waals surface area contributed by atoms with Crippen molar-refractivity contribution in [2.24, 2.45) is 5.73 Å². The van der Waals surface area contributed by atoms with E-state index in [2.05, 4.69) is 0 Å². The van der Waals surface area contributed by atoms with Gasteiger partial charge < -0.3 is 10.5 Å². The van der Waals surface area contributed by atoms with Crippen LogP contribution in [0.3, 0.4) is 0 Å². The Morgan fingerprint density at radius 2 is 2.05 bits per heavy atom. The first kappa shape index (κ1) is 14.8. The standard InChI is InChI=1S/C16H17ClFNO/c1-10-6-7-12(9-15(10)18)20-16-5-3-4-14(17)13(16)8-11(2)19/h3-7,9,11H,8,19H2,1-2H3. The first-order chi connectivity index (χ1) is 9.47. The van der Waals surface area contributed by atoms with Crippen molar-refractivity contribution in [3.8, 4) is 11.5 Å². The highest BCUT2D eigenvalue weighted by molar-refractivity contribution is 6.31. The maximum Gasteiger partial charge on any atom is 0.132 e. The summed E-state index contributed by atoms with van der Waals surface area (Å²) in [6.45, 7) is 3.61. The molecule has 0 heterocycles. The molecule has 106 valence electrons. The fraction of sp³-hybridized carbons (Fsp3) is 0.250. The van der Waals surface area contributed by atoms with Crippen molar-refractivity contribution < 1.29 is 9.13 Å². The largest absolute Gasteiger partial charge is 0.457 e. The molecular weight excluding hydrogens is 277 g/mol. The molecule has 0 saturated heterocycles. The number of ether oxygens (including phenoxy) is 1. The van der Waals surface area contributed by atoms with E-state index in [-0.39, 0.29) is 11.9 Å². The molecule has 1 unspecified atom stereocenters. The van der Waals surface area contributed by atoms with Crippen molar-refractivity contribution in [1.29, 1.82) is 0 Å². The van der Waals surface area contributed by atoms with Gasteiger partial charge >= 0.3 is 0 Å². The van der Waals surface area contributed by atoms with Gasteiger partial charge in [0, 0.05) is 22.7 Å². The van der Waals surface area contributed by atoms with Crippen LogP contribution in [0.15, 0.2) is 36.4 Å². The number of hydrogen-bond donors (Lipinski definition) is 1. The Labute approximate surface area is 123 Å². The van der Waals surface area contributed by atoms with Gasteiger partial charge in [-0.05, 0) is 44.0 Å². The molecule has 2 N–H and O–H groups in total. The van der Waals surface area contributed by atoms with Gasteiger partial charge in [0.25, 0.3) is 0 Å². The number of rotatable bonds is 4. The van der Waals surface area contributed by atoms with Crippen LogP contribution in [0, 0.1) is 12.7 Å². The third-order valence-corrected chi connectivity index (χ3v) is 3.33. The second kappa shape index (κ2) is 6.25. The molecule has 0 aliphatic rings. The summed E-state index contributed by atoms with van der Waals surface area (Å²) in [6.07, 6.45) is 0.601. The Bertz CT molecular complexity index is 613. The topological polar surface area (TPSA) is 35.2 Å². The van der Waals surface area contributed by atoms with Gasteiger partial charge in [-0.3, -0.25) is 0 Å². The lowest BCUT2D eigenvalue weighted by molar-refractivity contribution is 0.468. The molecule has 0 spiro atoms. The van der Waals surface area contributed by atoms with Gasteiger partial charge in [-0.1, -0.05) is 23.7 Å². The lowest BCUT2D eigenvalue weighted by atomic mass is 10.1. The molecule has 0 radical (unpaired) electrons. The maximum absolute atomic E-state index is 13.5. The quantitative estimate of drug-likeness (QED) is 0.902. The van der Waals surface area contributed by atoms with Crippen molar-refractivity contribution in [3.63, 3.8) is 0 Å². The summed E-state index contributed by atoms with van der Waals surface area (Å²) >= 11 is 6.19. The third kappa shape index (κ3) is 3.50. The summed E-state index contributed by atoms with van der Waals surface area (Å²) in [4.78, 5) is 0. The van der Waals surface area contributed by atoms with Gasteiger partial charge in [-0.25, -0.2) is 4.39 Å². The molecule has 1 atom stereocenters. The minimum Gasteiger partial charge on any atom is -0.457 e. The molecule has 4 heteroatoms. The molecule has 0 saturated carbocycles. The number of nitrogens with two attached hydrogens (primary N) is 1. The zero-order chi connectivity index (χ0) is 14.7. The predicted octanol–water partition coefficient (Wildman–Crippen LogP) is 4.47.